The van der Waals surface area contributed by atoms with E-state index in [9.17, 15) is 9.59 Å². The average Bonchev–Trinajstić information content (AvgIpc) is 3.47. The van der Waals surface area contributed by atoms with Crippen LogP contribution in [0.2, 0.25) is 0 Å². The summed E-state index contributed by atoms with van der Waals surface area (Å²) in [6.07, 6.45) is 2.16. The summed E-state index contributed by atoms with van der Waals surface area (Å²) >= 11 is 1.60. The molecule has 3 aromatic rings. The van der Waals surface area contributed by atoms with Gasteiger partial charge in [-0.2, -0.15) is 0 Å². The molecule has 3 amide bonds. The fourth-order valence-corrected chi connectivity index (χ4v) is 4.86. The Morgan fingerprint density at radius 2 is 1.88 bits per heavy atom. The molecular formula is C26H30N4O2S. The highest BCUT2D eigenvalue weighted by Crippen LogP contribution is 2.30. The molecule has 1 atom stereocenters. The van der Waals surface area contributed by atoms with Crippen molar-refractivity contribution < 1.29 is 9.59 Å². The van der Waals surface area contributed by atoms with Crippen LogP contribution in [0, 0.1) is 0 Å². The molecule has 0 saturated carbocycles. The standard InChI is InChI=1S/C26H30N4O2S/c1-26(13-7-14-30(26)18-20-8-3-2-4-9-20)19-28-25(32)29-22-11-5-10-21(16-22)24(31)27-17-23-12-6-15-33-23/h2-6,8-12,15-16H,7,13-14,17-19H2,1H3,(H,27,31)(H2,28,29,32). The second-order valence-corrected chi connectivity index (χ2v) is 9.69. The summed E-state index contributed by atoms with van der Waals surface area (Å²) in [5.41, 5.74) is 2.30. The minimum atomic E-state index is -0.265. The monoisotopic (exact) mass is 462 g/mol. The maximum absolute atomic E-state index is 12.6. The summed E-state index contributed by atoms with van der Waals surface area (Å²) in [7, 11) is 0. The molecule has 33 heavy (non-hydrogen) atoms. The maximum Gasteiger partial charge on any atom is 0.319 e. The number of rotatable bonds is 8. The zero-order valence-electron chi connectivity index (χ0n) is 18.8. The second-order valence-electron chi connectivity index (χ2n) is 8.66. The topological polar surface area (TPSA) is 73.5 Å². The van der Waals surface area contributed by atoms with Crippen molar-refractivity contribution in [2.45, 2.75) is 38.4 Å². The van der Waals surface area contributed by atoms with E-state index < -0.39 is 0 Å². The van der Waals surface area contributed by atoms with Crippen LogP contribution in [-0.4, -0.2) is 35.5 Å². The first-order valence-electron chi connectivity index (χ1n) is 11.3. The number of urea groups is 1. The lowest BCUT2D eigenvalue weighted by molar-refractivity contribution is 0.0951. The Labute approximate surface area is 199 Å². The fourth-order valence-electron chi connectivity index (χ4n) is 4.22. The van der Waals surface area contributed by atoms with Gasteiger partial charge in [0.05, 0.1) is 6.54 Å². The van der Waals surface area contributed by atoms with Gasteiger partial charge in [-0.1, -0.05) is 42.5 Å². The molecule has 6 nitrogen and oxygen atoms in total. The number of nitrogens with one attached hydrogen (secondary N) is 3. The van der Waals surface area contributed by atoms with Gasteiger partial charge in [0, 0.05) is 34.8 Å². The normalized spacial score (nSPS) is 18.1. The lowest BCUT2D eigenvalue weighted by atomic mass is 9.98. The average molecular weight is 463 g/mol. The summed E-state index contributed by atoms with van der Waals surface area (Å²) in [4.78, 5) is 28.6. The van der Waals surface area contributed by atoms with E-state index in [0.717, 1.165) is 30.8 Å². The Balaban J connectivity index is 1.29. The lowest BCUT2D eigenvalue weighted by Gasteiger charge is -2.35. The molecule has 0 spiro atoms. The van der Waals surface area contributed by atoms with Gasteiger partial charge in [0.25, 0.3) is 5.91 Å². The largest absolute Gasteiger partial charge is 0.347 e. The SMILES string of the molecule is CC1(CNC(=O)Nc2cccc(C(=O)NCc3cccs3)c2)CCCN1Cc1ccccc1. The van der Waals surface area contributed by atoms with Crippen LogP contribution in [0.3, 0.4) is 0 Å². The van der Waals surface area contributed by atoms with Gasteiger partial charge < -0.3 is 16.0 Å². The minimum absolute atomic E-state index is 0.0866. The highest BCUT2D eigenvalue weighted by Gasteiger charge is 2.36. The molecule has 172 valence electrons. The van der Waals surface area contributed by atoms with Crippen molar-refractivity contribution in [3.63, 3.8) is 0 Å². The van der Waals surface area contributed by atoms with Crippen LogP contribution in [0.1, 0.15) is 40.6 Å². The van der Waals surface area contributed by atoms with E-state index in [1.807, 2.05) is 23.6 Å². The van der Waals surface area contributed by atoms with Crippen molar-refractivity contribution in [2.24, 2.45) is 0 Å². The molecule has 0 aliphatic carbocycles. The number of nitrogens with zero attached hydrogens (tertiary/aromatic N) is 1. The molecule has 4 rings (SSSR count). The number of thiophene rings is 1. The van der Waals surface area contributed by atoms with Crippen molar-refractivity contribution >= 4 is 29.0 Å². The van der Waals surface area contributed by atoms with Crippen LogP contribution in [0.4, 0.5) is 10.5 Å². The first-order chi connectivity index (χ1) is 16.0. The van der Waals surface area contributed by atoms with Gasteiger partial charge in [0.15, 0.2) is 0 Å². The first kappa shape index (κ1) is 23.0. The van der Waals surface area contributed by atoms with E-state index in [2.05, 4.69) is 52.0 Å². The van der Waals surface area contributed by atoms with Gasteiger partial charge >= 0.3 is 6.03 Å². The number of amides is 3. The Morgan fingerprint density at radius 1 is 1.03 bits per heavy atom. The van der Waals surface area contributed by atoms with Crippen LogP contribution in [-0.2, 0) is 13.1 Å². The third kappa shape index (κ3) is 6.21. The van der Waals surface area contributed by atoms with Crippen LogP contribution in [0.5, 0.6) is 0 Å². The highest BCUT2D eigenvalue weighted by molar-refractivity contribution is 7.09. The Kier molecular flexibility index (Phi) is 7.42. The van der Waals surface area contributed by atoms with Crippen molar-refractivity contribution in [1.82, 2.24) is 15.5 Å². The van der Waals surface area contributed by atoms with E-state index in [-0.39, 0.29) is 17.5 Å². The second kappa shape index (κ2) is 10.6. The number of hydrogen-bond donors (Lipinski definition) is 3. The van der Waals surface area contributed by atoms with E-state index in [0.29, 0.717) is 24.3 Å². The number of carbonyl (C=O) groups excluding carboxylic acids is 2. The summed E-state index contributed by atoms with van der Waals surface area (Å²) in [5.74, 6) is -0.164. The fraction of sp³-hybridized carbons (Fsp3) is 0.308. The highest BCUT2D eigenvalue weighted by atomic mass is 32.1. The molecule has 1 aliphatic heterocycles. The third-order valence-corrected chi connectivity index (χ3v) is 7.02. The van der Waals surface area contributed by atoms with E-state index >= 15 is 0 Å². The molecule has 0 radical (unpaired) electrons. The molecule has 0 bridgehead atoms. The molecule has 2 heterocycles. The Morgan fingerprint density at radius 3 is 2.67 bits per heavy atom. The van der Waals surface area contributed by atoms with Crippen molar-refractivity contribution in [3.8, 4) is 0 Å². The van der Waals surface area contributed by atoms with Crippen molar-refractivity contribution in [3.05, 3.63) is 88.1 Å². The number of likely N-dealkylation sites (tertiary alicyclic amines) is 1. The first-order valence-corrected chi connectivity index (χ1v) is 12.1. The van der Waals surface area contributed by atoms with Crippen LogP contribution in [0.25, 0.3) is 0 Å². The maximum atomic E-state index is 12.6. The van der Waals surface area contributed by atoms with E-state index in [1.165, 1.54) is 5.56 Å². The number of benzene rings is 2. The van der Waals surface area contributed by atoms with Crippen LogP contribution in [0.15, 0.2) is 72.1 Å². The quantitative estimate of drug-likeness (QED) is 0.448. The predicted octanol–water partition coefficient (Wildman–Crippen LogP) is 4.85. The number of anilines is 1. The summed E-state index contributed by atoms with van der Waals surface area (Å²) in [6, 6.07) is 21.1. The van der Waals surface area contributed by atoms with Crippen LogP contribution < -0.4 is 16.0 Å². The molecule has 2 aromatic carbocycles. The predicted molar refractivity (Wildman–Crippen MR) is 133 cm³/mol. The van der Waals surface area contributed by atoms with Crippen molar-refractivity contribution in [2.75, 3.05) is 18.4 Å². The zero-order valence-corrected chi connectivity index (χ0v) is 19.7. The smallest absolute Gasteiger partial charge is 0.319 e. The Hall–Kier alpha value is -3.16. The summed E-state index contributed by atoms with van der Waals surface area (Å²) in [6.45, 7) is 5.17. The van der Waals surface area contributed by atoms with Gasteiger partial charge in [-0.15, -0.1) is 11.3 Å². The molecule has 7 heteroatoms. The lowest BCUT2D eigenvalue weighted by Crippen LogP contribution is -2.50. The Bertz CT molecular complexity index is 1070. The molecule has 1 aromatic heterocycles. The van der Waals surface area contributed by atoms with Crippen LogP contribution >= 0.6 is 11.3 Å². The van der Waals surface area contributed by atoms with Gasteiger partial charge in [-0.25, -0.2) is 4.79 Å². The summed E-state index contributed by atoms with van der Waals surface area (Å²) < 4.78 is 0. The molecule has 1 unspecified atom stereocenters. The minimum Gasteiger partial charge on any atom is -0.347 e. The van der Waals surface area contributed by atoms with E-state index in [4.69, 9.17) is 0 Å². The third-order valence-electron chi connectivity index (χ3n) is 6.14. The van der Waals surface area contributed by atoms with Gasteiger partial charge in [-0.3, -0.25) is 9.69 Å². The molecule has 1 aliphatic rings. The zero-order chi connectivity index (χ0) is 23.1. The van der Waals surface area contributed by atoms with Gasteiger partial charge in [0.2, 0.25) is 0 Å². The van der Waals surface area contributed by atoms with E-state index in [1.54, 1.807) is 35.6 Å². The molecule has 3 N–H and O–H groups in total. The molecule has 1 saturated heterocycles. The molecular weight excluding hydrogens is 432 g/mol. The molecule has 1 fully saturated rings. The number of carbonyl (C=O) groups is 2. The number of hydrogen-bond acceptors (Lipinski definition) is 4. The van der Waals surface area contributed by atoms with Gasteiger partial charge in [-0.05, 0) is 61.5 Å². The van der Waals surface area contributed by atoms with Crippen molar-refractivity contribution in [1.29, 1.82) is 0 Å². The van der Waals surface area contributed by atoms with Gasteiger partial charge in [0.1, 0.15) is 0 Å². The summed E-state index contributed by atoms with van der Waals surface area (Å²) in [5, 5.41) is 10.8.